The number of halogens is 1. The number of hydrazone groups is 1. The van der Waals surface area contributed by atoms with Crippen molar-refractivity contribution in [3.8, 4) is 0 Å². The van der Waals surface area contributed by atoms with E-state index >= 15 is 0 Å². The van der Waals surface area contributed by atoms with Gasteiger partial charge in [-0.2, -0.15) is 5.10 Å². The monoisotopic (exact) mass is 493 g/mol. The van der Waals surface area contributed by atoms with Crippen LogP contribution in [-0.4, -0.2) is 31.8 Å². The zero-order valence-electron chi connectivity index (χ0n) is 18.1. The lowest BCUT2D eigenvalue weighted by Gasteiger charge is -2.10. The first-order valence-electron chi connectivity index (χ1n) is 10.3. The van der Waals surface area contributed by atoms with Gasteiger partial charge in [-0.05, 0) is 48.4 Å². The summed E-state index contributed by atoms with van der Waals surface area (Å²) in [6, 6.07) is 21.4. The van der Waals surface area contributed by atoms with E-state index in [4.69, 9.17) is 11.6 Å². The SMILES string of the molecule is C/C(=N\NC(=O)CSc1nc2ccccc2n1Cc1ccccc1Cl)c1ccc([N+](=O)[O-])cc1. The van der Waals surface area contributed by atoms with Gasteiger partial charge in [0.05, 0.1) is 34.0 Å². The van der Waals surface area contributed by atoms with E-state index in [1.54, 1.807) is 19.1 Å². The molecule has 0 saturated carbocycles. The van der Waals surface area contributed by atoms with Crippen LogP contribution < -0.4 is 5.43 Å². The second-order valence-electron chi connectivity index (χ2n) is 7.39. The lowest BCUT2D eigenvalue weighted by Crippen LogP contribution is -2.21. The Morgan fingerprint density at radius 3 is 2.56 bits per heavy atom. The van der Waals surface area contributed by atoms with Crippen molar-refractivity contribution < 1.29 is 9.72 Å². The van der Waals surface area contributed by atoms with Crippen LogP contribution in [-0.2, 0) is 11.3 Å². The number of nitro groups is 1. The number of rotatable bonds is 8. The quantitative estimate of drug-likeness (QED) is 0.156. The van der Waals surface area contributed by atoms with Crippen LogP contribution in [0, 0.1) is 10.1 Å². The third-order valence-electron chi connectivity index (χ3n) is 5.08. The number of imidazole rings is 1. The van der Waals surface area contributed by atoms with Gasteiger partial charge in [0.1, 0.15) is 0 Å². The highest BCUT2D eigenvalue weighted by molar-refractivity contribution is 7.99. The standard InChI is InChI=1S/C24H20ClN5O3S/c1-16(17-10-12-19(13-11-17)30(32)33)27-28-23(31)15-34-24-26-21-8-4-5-9-22(21)29(24)14-18-6-2-3-7-20(18)25/h2-13H,14-15H2,1H3,(H,28,31)/b27-16+. The number of nitrogens with zero attached hydrogens (tertiary/aromatic N) is 4. The summed E-state index contributed by atoms with van der Waals surface area (Å²) in [4.78, 5) is 27.5. The average Bonchev–Trinajstić information content (AvgIpc) is 3.20. The van der Waals surface area contributed by atoms with Crippen molar-refractivity contribution in [2.24, 2.45) is 5.10 Å². The summed E-state index contributed by atoms with van der Waals surface area (Å²) in [5.41, 5.74) is 6.51. The smallest absolute Gasteiger partial charge is 0.269 e. The molecule has 0 radical (unpaired) electrons. The van der Waals surface area contributed by atoms with E-state index in [0.717, 1.165) is 16.6 Å². The number of carbonyl (C=O) groups excluding carboxylic acids is 1. The third kappa shape index (κ3) is 5.44. The molecule has 3 aromatic carbocycles. The Morgan fingerprint density at radius 2 is 1.82 bits per heavy atom. The molecular formula is C24H20ClN5O3S. The number of nitrogens with one attached hydrogen (secondary N) is 1. The largest absolute Gasteiger partial charge is 0.314 e. The lowest BCUT2D eigenvalue weighted by atomic mass is 10.1. The first-order chi connectivity index (χ1) is 16.4. The lowest BCUT2D eigenvalue weighted by molar-refractivity contribution is -0.384. The minimum absolute atomic E-state index is 0.00309. The number of non-ortho nitro benzene ring substituents is 1. The summed E-state index contributed by atoms with van der Waals surface area (Å²) in [7, 11) is 0. The van der Waals surface area contributed by atoms with E-state index in [1.165, 1.54) is 23.9 Å². The van der Waals surface area contributed by atoms with Gasteiger partial charge in [-0.3, -0.25) is 14.9 Å². The number of amides is 1. The van der Waals surface area contributed by atoms with E-state index in [1.807, 2.05) is 53.1 Å². The summed E-state index contributed by atoms with van der Waals surface area (Å²) in [6.07, 6.45) is 0. The van der Waals surface area contributed by atoms with Crippen molar-refractivity contribution in [2.45, 2.75) is 18.6 Å². The molecule has 4 aromatic rings. The van der Waals surface area contributed by atoms with Crippen molar-refractivity contribution in [3.05, 3.63) is 99.1 Å². The summed E-state index contributed by atoms with van der Waals surface area (Å²) in [6.45, 7) is 2.25. The molecule has 172 valence electrons. The Morgan fingerprint density at radius 1 is 1.12 bits per heavy atom. The zero-order valence-corrected chi connectivity index (χ0v) is 19.7. The number of thioether (sulfide) groups is 1. The van der Waals surface area contributed by atoms with Gasteiger partial charge < -0.3 is 4.57 Å². The van der Waals surface area contributed by atoms with Crippen LogP contribution in [0.4, 0.5) is 5.69 Å². The molecule has 1 amide bonds. The molecule has 4 rings (SSSR count). The maximum absolute atomic E-state index is 12.4. The second-order valence-corrected chi connectivity index (χ2v) is 8.74. The molecule has 0 saturated heterocycles. The van der Waals surface area contributed by atoms with Gasteiger partial charge in [-0.1, -0.05) is 53.7 Å². The highest BCUT2D eigenvalue weighted by Gasteiger charge is 2.14. The number of fused-ring (bicyclic) bond motifs is 1. The Bertz CT molecular complexity index is 1390. The van der Waals surface area contributed by atoms with Gasteiger partial charge in [0, 0.05) is 17.2 Å². The molecule has 0 fully saturated rings. The Hall–Kier alpha value is -3.69. The molecule has 1 aromatic heterocycles. The summed E-state index contributed by atoms with van der Waals surface area (Å²) in [5.74, 6) is -0.175. The van der Waals surface area contributed by atoms with Crippen molar-refractivity contribution in [2.75, 3.05) is 5.75 Å². The first kappa shape index (κ1) is 23.5. The maximum atomic E-state index is 12.4. The molecule has 10 heteroatoms. The molecular weight excluding hydrogens is 474 g/mol. The van der Waals surface area contributed by atoms with E-state index in [-0.39, 0.29) is 17.3 Å². The van der Waals surface area contributed by atoms with Crippen molar-refractivity contribution in [1.29, 1.82) is 0 Å². The molecule has 0 aliphatic rings. The number of aromatic nitrogens is 2. The van der Waals surface area contributed by atoms with Crippen molar-refractivity contribution in [3.63, 3.8) is 0 Å². The van der Waals surface area contributed by atoms with Gasteiger partial charge >= 0.3 is 0 Å². The predicted molar refractivity (Wildman–Crippen MR) is 134 cm³/mol. The Kier molecular flexibility index (Phi) is 7.24. The molecule has 0 aliphatic heterocycles. The highest BCUT2D eigenvalue weighted by atomic mass is 35.5. The van der Waals surface area contributed by atoms with E-state index in [0.29, 0.717) is 28.0 Å². The topological polar surface area (TPSA) is 102 Å². The molecule has 0 unspecified atom stereocenters. The summed E-state index contributed by atoms with van der Waals surface area (Å²) < 4.78 is 2.04. The molecule has 0 spiro atoms. The fourth-order valence-corrected chi connectivity index (χ4v) is 4.31. The van der Waals surface area contributed by atoms with Gasteiger partial charge in [0.15, 0.2) is 5.16 Å². The van der Waals surface area contributed by atoms with Gasteiger partial charge in [0.25, 0.3) is 11.6 Å². The first-order valence-corrected chi connectivity index (χ1v) is 11.7. The number of nitro benzene ring substituents is 1. The second kappa shape index (κ2) is 10.5. The number of benzene rings is 3. The Balaban J connectivity index is 1.45. The molecule has 0 bridgehead atoms. The fraction of sp³-hybridized carbons (Fsp3) is 0.125. The molecule has 1 heterocycles. The highest BCUT2D eigenvalue weighted by Crippen LogP contribution is 2.27. The van der Waals surface area contributed by atoms with Crippen molar-refractivity contribution >= 4 is 51.7 Å². The van der Waals surface area contributed by atoms with Crippen LogP contribution in [0.5, 0.6) is 0 Å². The predicted octanol–water partition coefficient (Wildman–Crippen LogP) is 5.28. The molecule has 34 heavy (non-hydrogen) atoms. The molecule has 0 atom stereocenters. The number of hydrogen-bond acceptors (Lipinski definition) is 6. The van der Waals surface area contributed by atoms with Crippen LogP contribution >= 0.6 is 23.4 Å². The third-order valence-corrected chi connectivity index (χ3v) is 6.43. The van der Waals surface area contributed by atoms with Crippen molar-refractivity contribution in [1.82, 2.24) is 15.0 Å². The van der Waals surface area contributed by atoms with E-state index < -0.39 is 4.92 Å². The average molecular weight is 494 g/mol. The van der Waals surface area contributed by atoms with E-state index in [2.05, 4.69) is 15.5 Å². The fourth-order valence-electron chi connectivity index (χ4n) is 3.31. The normalized spacial score (nSPS) is 11.5. The maximum Gasteiger partial charge on any atom is 0.269 e. The Labute approximate surface area is 204 Å². The minimum atomic E-state index is -0.464. The van der Waals surface area contributed by atoms with Crippen LogP contribution in [0.1, 0.15) is 18.1 Å². The van der Waals surface area contributed by atoms with Gasteiger partial charge in [-0.25, -0.2) is 10.4 Å². The molecule has 1 N–H and O–H groups in total. The molecule has 8 nitrogen and oxygen atoms in total. The van der Waals surface area contributed by atoms with Crippen LogP contribution in [0.2, 0.25) is 5.02 Å². The summed E-state index contributed by atoms with van der Waals surface area (Å²) in [5, 5.41) is 16.3. The van der Waals surface area contributed by atoms with Gasteiger partial charge in [0.2, 0.25) is 0 Å². The van der Waals surface area contributed by atoms with Gasteiger partial charge in [-0.15, -0.1) is 0 Å². The van der Waals surface area contributed by atoms with Crippen LogP contribution in [0.25, 0.3) is 11.0 Å². The number of hydrogen-bond donors (Lipinski definition) is 1. The number of para-hydroxylation sites is 2. The minimum Gasteiger partial charge on any atom is -0.314 e. The van der Waals surface area contributed by atoms with E-state index in [9.17, 15) is 14.9 Å². The number of carbonyl (C=O) groups is 1. The summed E-state index contributed by atoms with van der Waals surface area (Å²) >= 11 is 7.68. The van der Waals surface area contributed by atoms with Crippen LogP contribution in [0.15, 0.2) is 83.1 Å². The zero-order chi connectivity index (χ0) is 24.1. The van der Waals surface area contributed by atoms with Crippen LogP contribution in [0.3, 0.4) is 0 Å². The molecule has 0 aliphatic carbocycles.